The molecule has 3 rings (SSSR count). The summed E-state index contributed by atoms with van der Waals surface area (Å²) in [6.07, 6.45) is -2.28. The average molecular weight is 614 g/mol. The predicted molar refractivity (Wildman–Crippen MR) is 164 cm³/mol. The van der Waals surface area contributed by atoms with E-state index in [4.69, 9.17) is 23.2 Å². The van der Waals surface area contributed by atoms with E-state index >= 15 is 0 Å². The molecule has 1 aromatic heterocycles. The fourth-order valence-electron chi connectivity index (χ4n) is 4.88. The number of ketones is 1. The first-order valence-electron chi connectivity index (χ1n) is 13.9. The average Bonchev–Trinajstić information content (AvgIpc) is 3.37. The lowest BCUT2D eigenvalue weighted by molar-refractivity contribution is -0.138. The third kappa shape index (κ3) is 9.35. The Morgan fingerprint density at radius 2 is 1.84 bits per heavy atom. The van der Waals surface area contributed by atoms with E-state index in [2.05, 4.69) is 16.4 Å². The number of rotatable bonds is 13. The lowest BCUT2D eigenvalue weighted by atomic mass is 9.86. The molecule has 0 amide bonds. The van der Waals surface area contributed by atoms with E-state index in [1.54, 1.807) is 24.7 Å². The molecule has 3 N–H and O–H groups in total. The molecule has 12 heteroatoms. The number of alkyl halides is 3. The number of carbonyl (C=O) groups is 1. The minimum atomic E-state index is -4.56. The number of Topliss-reactive ketones (excluding diaryl/α,β-unsaturated/α-hetero) is 1. The van der Waals surface area contributed by atoms with Crippen molar-refractivity contribution in [3.8, 4) is 6.07 Å². The molecule has 0 saturated carbocycles. The predicted octanol–water partition coefficient (Wildman–Crippen LogP) is 4.43. The maximum atomic E-state index is 13.9. The van der Waals surface area contributed by atoms with Crippen molar-refractivity contribution in [2.45, 2.75) is 45.7 Å². The molecule has 0 fully saturated rings. The monoisotopic (exact) mass is 613 g/mol. The van der Waals surface area contributed by atoms with Crippen LogP contribution in [0.1, 0.15) is 41.8 Å². The Balaban J connectivity index is 1.88. The fourth-order valence-corrected chi connectivity index (χ4v) is 5.17. The summed E-state index contributed by atoms with van der Waals surface area (Å²) in [6.45, 7) is 5.04. The van der Waals surface area contributed by atoms with Crippen molar-refractivity contribution in [3.63, 3.8) is 0 Å². The molecule has 3 aromatic rings. The highest BCUT2D eigenvalue weighted by molar-refractivity contribution is 7.80. The van der Waals surface area contributed by atoms with Gasteiger partial charge >= 0.3 is 6.18 Å². The molecule has 8 nitrogen and oxygen atoms in total. The number of halogens is 3. The molecular weight excluding hydrogens is 575 g/mol. The molecule has 0 aliphatic heterocycles. The van der Waals surface area contributed by atoms with Gasteiger partial charge in [-0.3, -0.25) is 4.79 Å². The molecule has 0 bridgehead atoms. The number of carbonyl (C=O) groups excluding carboxylic acids is 1. The summed E-state index contributed by atoms with van der Waals surface area (Å²) < 4.78 is 43.5. The van der Waals surface area contributed by atoms with Crippen molar-refractivity contribution < 1.29 is 18.0 Å². The Hall–Kier alpha value is -3.79. The molecule has 0 aliphatic rings. The fraction of sp³-hybridized carbons (Fsp3) is 0.419. The zero-order valence-corrected chi connectivity index (χ0v) is 25.6. The van der Waals surface area contributed by atoms with Crippen LogP contribution in [0.2, 0.25) is 0 Å². The lowest BCUT2D eigenvalue weighted by Gasteiger charge is -2.38. The third-order valence-electron chi connectivity index (χ3n) is 7.17. The third-order valence-corrected chi connectivity index (χ3v) is 7.55. The van der Waals surface area contributed by atoms with E-state index in [-0.39, 0.29) is 35.3 Å². The van der Waals surface area contributed by atoms with E-state index in [1.807, 2.05) is 49.5 Å². The number of thiocarbonyl (C=S) groups is 1. The maximum absolute atomic E-state index is 13.9. The summed E-state index contributed by atoms with van der Waals surface area (Å²) in [7, 11) is 3.79. The first kappa shape index (κ1) is 33.7. The molecule has 2 aromatic carbocycles. The molecule has 0 spiro atoms. The van der Waals surface area contributed by atoms with Gasteiger partial charge in [-0.25, -0.2) is 4.98 Å². The number of likely N-dealkylation sites (N-methyl/N-ethyl adjacent to an activating group) is 1. The smallest absolute Gasteiger partial charge is 0.361 e. The van der Waals surface area contributed by atoms with Gasteiger partial charge in [-0.2, -0.15) is 18.4 Å². The second-order valence-electron chi connectivity index (χ2n) is 11.0. The number of imidazole rings is 1. The first-order valence-corrected chi connectivity index (χ1v) is 14.3. The molecule has 0 radical (unpaired) electrons. The van der Waals surface area contributed by atoms with Crippen LogP contribution >= 0.6 is 12.2 Å². The first-order chi connectivity index (χ1) is 20.3. The van der Waals surface area contributed by atoms with Gasteiger partial charge in [0.15, 0.2) is 5.11 Å². The molecule has 0 aliphatic carbocycles. The van der Waals surface area contributed by atoms with Gasteiger partial charge in [0.1, 0.15) is 5.78 Å². The van der Waals surface area contributed by atoms with Crippen LogP contribution in [0, 0.1) is 23.2 Å². The van der Waals surface area contributed by atoms with Crippen LogP contribution < -0.4 is 11.1 Å². The number of nitrogens with zero attached hydrogens (tertiary/aromatic N) is 5. The van der Waals surface area contributed by atoms with Gasteiger partial charge in [0.2, 0.25) is 0 Å². The number of nitrogens with two attached hydrogens (primary N) is 1. The topological polar surface area (TPSA) is 103 Å². The highest BCUT2D eigenvalue weighted by atomic mass is 32.1. The molecule has 0 saturated heterocycles. The van der Waals surface area contributed by atoms with Gasteiger partial charge in [0, 0.05) is 44.5 Å². The van der Waals surface area contributed by atoms with Crippen molar-refractivity contribution >= 4 is 23.1 Å². The van der Waals surface area contributed by atoms with Crippen LogP contribution in [0.3, 0.4) is 0 Å². The van der Waals surface area contributed by atoms with Gasteiger partial charge < -0.3 is 25.4 Å². The second-order valence-corrected chi connectivity index (χ2v) is 11.4. The summed E-state index contributed by atoms with van der Waals surface area (Å²) in [5.41, 5.74) is 8.16. The van der Waals surface area contributed by atoms with Crippen LogP contribution in [-0.4, -0.2) is 63.6 Å². The minimum absolute atomic E-state index is 0.0117. The van der Waals surface area contributed by atoms with E-state index in [0.717, 1.165) is 11.6 Å². The van der Waals surface area contributed by atoms with E-state index in [0.29, 0.717) is 30.9 Å². The Kier molecular flexibility index (Phi) is 11.8. The normalized spacial score (nSPS) is 13.0. The molecule has 1 unspecified atom stereocenters. The molecule has 1 heterocycles. The minimum Gasteiger partial charge on any atom is -0.361 e. The second kappa shape index (κ2) is 15.1. The summed E-state index contributed by atoms with van der Waals surface area (Å²) >= 11 is 5.65. The Morgan fingerprint density at radius 1 is 1.16 bits per heavy atom. The Bertz CT molecular complexity index is 1410. The maximum Gasteiger partial charge on any atom is 0.416 e. The Labute approximate surface area is 256 Å². The number of aromatic nitrogens is 2. The van der Waals surface area contributed by atoms with Gasteiger partial charge in [0.05, 0.1) is 35.6 Å². The van der Waals surface area contributed by atoms with Crippen molar-refractivity contribution in [3.05, 3.63) is 89.0 Å². The highest BCUT2D eigenvalue weighted by Crippen LogP contribution is 2.33. The number of benzene rings is 2. The number of nitrogens with one attached hydrogen (secondary N) is 1. The van der Waals surface area contributed by atoms with Gasteiger partial charge in [-0.1, -0.05) is 44.2 Å². The van der Waals surface area contributed by atoms with Gasteiger partial charge in [-0.05, 0) is 61.6 Å². The van der Waals surface area contributed by atoms with Crippen molar-refractivity contribution in [2.75, 3.05) is 27.2 Å². The quantitative estimate of drug-likeness (QED) is 0.216. The van der Waals surface area contributed by atoms with Crippen LogP contribution in [-0.2, 0) is 30.5 Å². The summed E-state index contributed by atoms with van der Waals surface area (Å²) in [6, 6.07) is 14.5. The SMILES string of the molecule is CC(C)[C@H](C(=O)Cc1cncn1Cc1ccc(C#N)cc1)C(N)N(Cc1ccccc1C(F)(F)F)C(=S)NCCN(C)C. The van der Waals surface area contributed by atoms with Gasteiger partial charge in [-0.15, -0.1) is 0 Å². The van der Waals surface area contributed by atoms with Gasteiger partial charge in [0.25, 0.3) is 0 Å². The summed E-state index contributed by atoms with van der Waals surface area (Å²) in [5, 5.41) is 12.3. The van der Waals surface area contributed by atoms with E-state index in [9.17, 15) is 18.0 Å². The number of hydrogen-bond donors (Lipinski definition) is 2. The zero-order valence-electron chi connectivity index (χ0n) is 24.8. The number of hydrogen-bond acceptors (Lipinski definition) is 6. The van der Waals surface area contributed by atoms with Crippen molar-refractivity contribution in [1.82, 2.24) is 24.7 Å². The molecular formula is C31H38F3N7OS. The summed E-state index contributed by atoms with van der Waals surface area (Å²) in [4.78, 5) is 21.5. The summed E-state index contributed by atoms with van der Waals surface area (Å²) in [5.74, 6) is -1.15. The van der Waals surface area contributed by atoms with Crippen molar-refractivity contribution in [2.24, 2.45) is 17.6 Å². The van der Waals surface area contributed by atoms with Crippen molar-refractivity contribution in [1.29, 1.82) is 5.26 Å². The standard InChI is InChI=1S/C31H38F3N7OS/c1-21(2)28(27(42)15-25-17-37-20-40(25)18-23-11-9-22(16-35)10-12-23)29(36)41(30(43)38-13-14-39(3)4)19-24-7-5-6-8-26(24)31(32,33)34/h5-12,17,20-21,28-29H,13-15,18-19,36H2,1-4H3,(H,38,43)/t28-,29?/m1/s1. The van der Waals surface area contributed by atoms with Crippen LogP contribution in [0.4, 0.5) is 13.2 Å². The largest absolute Gasteiger partial charge is 0.416 e. The van der Waals surface area contributed by atoms with Crippen LogP contribution in [0.25, 0.3) is 0 Å². The molecule has 230 valence electrons. The highest BCUT2D eigenvalue weighted by Gasteiger charge is 2.37. The van der Waals surface area contributed by atoms with E-state index in [1.165, 1.54) is 23.1 Å². The van der Waals surface area contributed by atoms with Crippen LogP contribution in [0.15, 0.2) is 61.1 Å². The van der Waals surface area contributed by atoms with Crippen LogP contribution in [0.5, 0.6) is 0 Å². The van der Waals surface area contributed by atoms with E-state index < -0.39 is 23.8 Å². The lowest BCUT2D eigenvalue weighted by Crippen LogP contribution is -2.56. The number of nitriles is 1. The molecule has 2 atom stereocenters. The Morgan fingerprint density at radius 3 is 2.44 bits per heavy atom. The molecule has 43 heavy (non-hydrogen) atoms. The zero-order chi connectivity index (χ0) is 31.7.